The van der Waals surface area contributed by atoms with Gasteiger partial charge in [0.05, 0.1) is 10.6 Å². The molecule has 0 aliphatic carbocycles. The van der Waals surface area contributed by atoms with Gasteiger partial charge in [-0.25, -0.2) is 8.42 Å². The van der Waals surface area contributed by atoms with Crippen LogP contribution in [0.3, 0.4) is 0 Å². The van der Waals surface area contributed by atoms with Crippen molar-refractivity contribution < 1.29 is 18.0 Å². The highest BCUT2D eigenvalue weighted by Crippen LogP contribution is 2.28. The van der Waals surface area contributed by atoms with E-state index in [4.69, 9.17) is 23.2 Å². The zero-order chi connectivity index (χ0) is 30.3. The van der Waals surface area contributed by atoms with Crippen LogP contribution in [0.15, 0.2) is 112 Å². The smallest absolute Gasteiger partial charge is 0.264 e. The zero-order valence-corrected chi connectivity index (χ0v) is 26.5. The molecular formula is C31H28BrCl2N3O4S. The van der Waals surface area contributed by atoms with Gasteiger partial charge in [0.15, 0.2) is 0 Å². The molecule has 4 aromatic rings. The van der Waals surface area contributed by atoms with Gasteiger partial charge in [0.1, 0.15) is 12.6 Å². The molecule has 0 fully saturated rings. The number of nitrogens with one attached hydrogen (secondary N) is 1. The van der Waals surface area contributed by atoms with Gasteiger partial charge in [0.25, 0.3) is 10.0 Å². The first-order chi connectivity index (χ1) is 20.1. The molecule has 0 saturated heterocycles. The first-order valence-electron chi connectivity index (χ1n) is 12.9. The summed E-state index contributed by atoms with van der Waals surface area (Å²) in [6.07, 6.45) is 0.226. The zero-order valence-electron chi connectivity index (χ0n) is 22.6. The third-order valence-electron chi connectivity index (χ3n) is 6.56. The molecule has 7 nitrogen and oxygen atoms in total. The summed E-state index contributed by atoms with van der Waals surface area (Å²) in [4.78, 5) is 28.9. The molecule has 42 heavy (non-hydrogen) atoms. The van der Waals surface area contributed by atoms with Crippen LogP contribution >= 0.6 is 39.1 Å². The molecule has 0 saturated carbocycles. The number of hydrogen-bond acceptors (Lipinski definition) is 4. The van der Waals surface area contributed by atoms with Crippen LogP contribution in [-0.2, 0) is 32.6 Å². The average molecular weight is 689 g/mol. The highest BCUT2D eigenvalue weighted by molar-refractivity contribution is 9.10. The van der Waals surface area contributed by atoms with Gasteiger partial charge in [-0.05, 0) is 65.7 Å². The number of sulfonamides is 1. The minimum atomic E-state index is -4.24. The Morgan fingerprint density at radius 3 is 2.12 bits per heavy atom. The number of hydrogen-bond donors (Lipinski definition) is 1. The second kappa shape index (κ2) is 14.2. The molecule has 218 valence electrons. The predicted octanol–water partition coefficient (Wildman–Crippen LogP) is 6.34. The van der Waals surface area contributed by atoms with Gasteiger partial charge in [0.2, 0.25) is 11.8 Å². The summed E-state index contributed by atoms with van der Waals surface area (Å²) >= 11 is 15.7. The fourth-order valence-electron chi connectivity index (χ4n) is 4.40. The van der Waals surface area contributed by atoms with Crippen LogP contribution in [0.25, 0.3) is 0 Å². The number of carbonyl (C=O) groups is 2. The lowest BCUT2D eigenvalue weighted by Crippen LogP contribution is -2.53. The standard InChI is InChI=1S/C31H28BrCl2N3O4S/c1-35-31(39)29(18-22-6-3-2-4-7-22)36(20-23-10-12-24(32)13-11-23)30(38)21-37(27-9-5-8-26(34)19-27)42(40,41)28-16-14-25(33)15-17-28/h2-17,19,29H,18,20-21H2,1H3,(H,35,39)/t29-/m0/s1. The minimum Gasteiger partial charge on any atom is -0.357 e. The Labute approximate surface area is 264 Å². The van der Waals surface area contributed by atoms with E-state index in [1.54, 1.807) is 18.2 Å². The first kappa shape index (κ1) is 31.6. The maximum atomic E-state index is 14.2. The average Bonchev–Trinajstić information content (AvgIpc) is 2.98. The van der Waals surface area contributed by atoms with E-state index in [9.17, 15) is 18.0 Å². The van der Waals surface area contributed by atoms with Crippen molar-refractivity contribution in [2.75, 3.05) is 17.9 Å². The van der Waals surface area contributed by atoms with Gasteiger partial charge < -0.3 is 10.2 Å². The highest BCUT2D eigenvalue weighted by atomic mass is 79.9. The summed E-state index contributed by atoms with van der Waals surface area (Å²) in [5.41, 5.74) is 1.82. The van der Waals surface area contributed by atoms with E-state index >= 15 is 0 Å². The summed E-state index contributed by atoms with van der Waals surface area (Å²) in [5.74, 6) is -0.945. The Hall–Kier alpha value is -3.37. The Bertz CT molecular complexity index is 1640. The van der Waals surface area contributed by atoms with Crippen molar-refractivity contribution in [2.24, 2.45) is 0 Å². The fourth-order valence-corrected chi connectivity index (χ4v) is 6.38. The largest absolute Gasteiger partial charge is 0.357 e. The maximum absolute atomic E-state index is 14.2. The van der Waals surface area contributed by atoms with Crippen molar-refractivity contribution >= 4 is 66.7 Å². The summed E-state index contributed by atoms with van der Waals surface area (Å²) in [6.45, 7) is -0.508. The number of amides is 2. The summed E-state index contributed by atoms with van der Waals surface area (Å²) < 4.78 is 29.8. The minimum absolute atomic E-state index is 0.0497. The van der Waals surface area contributed by atoms with Gasteiger partial charge in [-0.15, -0.1) is 0 Å². The molecule has 4 aromatic carbocycles. The normalized spacial score (nSPS) is 11.9. The fraction of sp³-hybridized carbons (Fsp3) is 0.161. The quantitative estimate of drug-likeness (QED) is 0.199. The van der Waals surface area contributed by atoms with E-state index in [1.807, 2.05) is 54.6 Å². The van der Waals surface area contributed by atoms with E-state index in [-0.39, 0.29) is 29.5 Å². The molecule has 11 heteroatoms. The molecule has 1 N–H and O–H groups in total. The third-order valence-corrected chi connectivity index (χ3v) is 9.36. The molecule has 0 aliphatic heterocycles. The molecule has 0 spiro atoms. The molecule has 2 amide bonds. The van der Waals surface area contributed by atoms with Crippen molar-refractivity contribution in [1.82, 2.24) is 10.2 Å². The van der Waals surface area contributed by atoms with Crippen molar-refractivity contribution in [3.8, 4) is 0 Å². The van der Waals surface area contributed by atoms with Gasteiger partial charge in [-0.3, -0.25) is 13.9 Å². The summed E-state index contributed by atoms with van der Waals surface area (Å²) in [5, 5.41) is 3.34. The number of anilines is 1. The van der Waals surface area contributed by atoms with Crippen molar-refractivity contribution in [3.05, 3.63) is 129 Å². The van der Waals surface area contributed by atoms with Gasteiger partial charge in [-0.2, -0.15) is 0 Å². The monoisotopic (exact) mass is 687 g/mol. The second-order valence-electron chi connectivity index (χ2n) is 9.41. The SMILES string of the molecule is CNC(=O)[C@H](Cc1ccccc1)N(Cc1ccc(Br)cc1)C(=O)CN(c1cccc(Cl)c1)S(=O)(=O)c1ccc(Cl)cc1. The van der Waals surface area contributed by atoms with Crippen molar-refractivity contribution in [2.45, 2.75) is 23.9 Å². The van der Waals surface area contributed by atoms with Crippen LogP contribution in [0.1, 0.15) is 11.1 Å². The van der Waals surface area contributed by atoms with E-state index in [2.05, 4.69) is 21.2 Å². The van der Waals surface area contributed by atoms with Crippen LogP contribution in [0.4, 0.5) is 5.69 Å². The number of carbonyl (C=O) groups excluding carboxylic acids is 2. The molecule has 0 aromatic heterocycles. The Balaban J connectivity index is 1.78. The van der Waals surface area contributed by atoms with Crippen LogP contribution < -0.4 is 9.62 Å². The second-order valence-corrected chi connectivity index (χ2v) is 13.1. The Morgan fingerprint density at radius 2 is 1.50 bits per heavy atom. The van der Waals surface area contributed by atoms with E-state index < -0.39 is 28.5 Å². The number of likely N-dealkylation sites (N-methyl/N-ethyl adjacent to an activating group) is 1. The lowest BCUT2D eigenvalue weighted by Gasteiger charge is -2.33. The number of rotatable bonds is 11. The topological polar surface area (TPSA) is 86.8 Å². The number of halogens is 3. The molecule has 0 aliphatic rings. The van der Waals surface area contributed by atoms with Gasteiger partial charge in [0, 0.05) is 34.5 Å². The van der Waals surface area contributed by atoms with Crippen LogP contribution in [0, 0.1) is 0 Å². The molecular weight excluding hydrogens is 661 g/mol. The van der Waals surface area contributed by atoms with Gasteiger partial charge >= 0.3 is 0 Å². The van der Waals surface area contributed by atoms with E-state index in [1.165, 1.54) is 42.3 Å². The molecule has 0 bridgehead atoms. The summed E-state index contributed by atoms with van der Waals surface area (Å²) in [6, 6.07) is 27.7. The lowest BCUT2D eigenvalue weighted by atomic mass is 10.0. The number of benzene rings is 4. The van der Waals surface area contributed by atoms with Crippen LogP contribution in [-0.4, -0.2) is 44.8 Å². The van der Waals surface area contributed by atoms with Gasteiger partial charge in [-0.1, -0.05) is 87.7 Å². The Kier molecular flexibility index (Phi) is 10.7. The van der Waals surface area contributed by atoms with Crippen molar-refractivity contribution in [1.29, 1.82) is 0 Å². The molecule has 0 heterocycles. The van der Waals surface area contributed by atoms with Crippen molar-refractivity contribution in [3.63, 3.8) is 0 Å². The van der Waals surface area contributed by atoms with Crippen LogP contribution in [0.5, 0.6) is 0 Å². The highest BCUT2D eigenvalue weighted by Gasteiger charge is 2.34. The Morgan fingerprint density at radius 1 is 0.833 bits per heavy atom. The predicted molar refractivity (Wildman–Crippen MR) is 170 cm³/mol. The number of nitrogens with zero attached hydrogens (tertiary/aromatic N) is 2. The summed E-state index contributed by atoms with van der Waals surface area (Å²) in [7, 11) is -2.74. The lowest BCUT2D eigenvalue weighted by molar-refractivity contribution is -0.139. The molecule has 0 radical (unpaired) electrons. The maximum Gasteiger partial charge on any atom is 0.264 e. The third kappa shape index (κ3) is 7.92. The molecule has 0 unspecified atom stereocenters. The molecule has 1 atom stereocenters. The molecule has 4 rings (SSSR count). The van der Waals surface area contributed by atoms with Crippen LogP contribution in [0.2, 0.25) is 10.0 Å². The first-order valence-corrected chi connectivity index (χ1v) is 15.9. The van der Waals surface area contributed by atoms with E-state index in [0.29, 0.717) is 10.0 Å². The van der Waals surface area contributed by atoms with E-state index in [0.717, 1.165) is 19.9 Å².